The molecule has 0 bridgehead atoms. The van der Waals surface area contributed by atoms with Crippen LogP contribution >= 0.6 is 11.6 Å². The van der Waals surface area contributed by atoms with Gasteiger partial charge in [-0.1, -0.05) is 48.0 Å². The summed E-state index contributed by atoms with van der Waals surface area (Å²) in [6.07, 6.45) is 0. The van der Waals surface area contributed by atoms with E-state index in [9.17, 15) is 0 Å². The third-order valence-corrected chi connectivity index (χ3v) is 3.36. The predicted octanol–water partition coefficient (Wildman–Crippen LogP) is 5.36. The number of halogens is 1. The lowest BCUT2D eigenvalue weighted by Crippen LogP contribution is -2.02. The summed E-state index contributed by atoms with van der Waals surface area (Å²) in [5.41, 5.74) is 3.58. The lowest BCUT2D eigenvalue weighted by Gasteiger charge is -2.09. The first kappa shape index (κ1) is 14.4. The van der Waals surface area contributed by atoms with Crippen molar-refractivity contribution in [1.82, 2.24) is 0 Å². The zero-order chi connectivity index (χ0) is 14.4. The van der Waals surface area contributed by atoms with Gasteiger partial charge < -0.3 is 5.32 Å². The molecule has 1 N–H and O–H groups in total. The fourth-order valence-corrected chi connectivity index (χ4v) is 1.90. The normalized spacial score (nSPS) is 12.8. The molecular weight excluding hydrogens is 268 g/mol. The molecule has 0 heterocycles. The van der Waals surface area contributed by atoms with Gasteiger partial charge in [-0.3, -0.25) is 4.99 Å². The van der Waals surface area contributed by atoms with E-state index in [4.69, 9.17) is 11.6 Å². The number of rotatable bonds is 4. The third kappa shape index (κ3) is 3.97. The highest BCUT2D eigenvalue weighted by molar-refractivity contribution is 6.43. The minimum absolute atomic E-state index is 0.637. The van der Waals surface area contributed by atoms with Gasteiger partial charge in [0.25, 0.3) is 0 Å². The van der Waals surface area contributed by atoms with Crippen molar-refractivity contribution in [2.75, 3.05) is 5.32 Å². The van der Waals surface area contributed by atoms with Crippen molar-refractivity contribution in [2.24, 2.45) is 4.99 Å². The summed E-state index contributed by atoms with van der Waals surface area (Å²) in [5, 5.41) is 3.91. The van der Waals surface area contributed by atoms with E-state index >= 15 is 0 Å². The summed E-state index contributed by atoms with van der Waals surface area (Å²) >= 11 is 6.37. The molecule has 3 heteroatoms. The van der Waals surface area contributed by atoms with Crippen LogP contribution in [0.25, 0.3) is 0 Å². The van der Waals surface area contributed by atoms with Gasteiger partial charge in [0.05, 0.1) is 16.4 Å². The predicted molar refractivity (Wildman–Crippen MR) is 87.8 cm³/mol. The Morgan fingerprint density at radius 2 is 1.45 bits per heavy atom. The Bertz CT molecular complexity index is 616. The van der Waals surface area contributed by atoms with Crippen LogP contribution in [0, 0.1) is 0 Å². The van der Waals surface area contributed by atoms with Crippen molar-refractivity contribution in [2.45, 2.75) is 13.8 Å². The fraction of sp³-hybridized carbons (Fsp3) is 0.118. The van der Waals surface area contributed by atoms with Gasteiger partial charge in [0.1, 0.15) is 0 Å². The van der Waals surface area contributed by atoms with Gasteiger partial charge in [0.2, 0.25) is 0 Å². The topological polar surface area (TPSA) is 24.4 Å². The van der Waals surface area contributed by atoms with Crippen molar-refractivity contribution in [1.29, 1.82) is 0 Å². The maximum Gasteiger partial charge on any atom is 0.0807 e. The number of hydrogen-bond acceptors (Lipinski definition) is 2. The highest BCUT2D eigenvalue weighted by Gasteiger charge is 2.04. The van der Waals surface area contributed by atoms with Crippen molar-refractivity contribution in [3.63, 3.8) is 0 Å². The second-order valence-electron chi connectivity index (χ2n) is 4.46. The Balaban J connectivity index is 2.18. The number of allylic oxidation sites excluding steroid dienone is 2. The molecule has 2 nitrogen and oxygen atoms in total. The summed E-state index contributed by atoms with van der Waals surface area (Å²) in [4.78, 5) is 4.51. The molecule has 0 aliphatic heterocycles. The lowest BCUT2D eigenvalue weighted by molar-refractivity contribution is 1.36. The Morgan fingerprint density at radius 1 is 0.900 bits per heavy atom. The van der Waals surface area contributed by atoms with Gasteiger partial charge in [0, 0.05) is 11.4 Å². The van der Waals surface area contributed by atoms with Crippen LogP contribution in [0.5, 0.6) is 0 Å². The van der Waals surface area contributed by atoms with Gasteiger partial charge in [0.15, 0.2) is 0 Å². The average molecular weight is 285 g/mol. The molecule has 0 saturated carbocycles. The molecule has 0 spiro atoms. The molecule has 102 valence electrons. The zero-order valence-corrected chi connectivity index (χ0v) is 12.4. The highest BCUT2D eigenvalue weighted by atomic mass is 35.5. The van der Waals surface area contributed by atoms with E-state index in [1.165, 1.54) is 0 Å². The van der Waals surface area contributed by atoms with Crippen LogP contribution in [-0.2, 0) is 0 Å². The van der Waals surface area contributed by atoms with Crippen molar-refractivity contribution < 1.29 is 0 Å². The molecule has 0 radical (unpaired) electrons. The summed E-state index contributed by atoms with van der Waals surface area (Å²) in [6.45, 7) is 3.85. The maximum absolute atomic E-state index is 6.37. The molecule has 2 aromatic rings. The summed E-state index contributed by atoms with van der Waals surface area (Å²) in [6, 6.07) is 19.7. The molecule has 0 atom stereocenters. The van der Waals surface area contributed by atoms with Gasteiger partial charge in [-0.2, -0.15) is 0 Å². The number of nitrogens with zero attached hydrogens (tertiary/aromatic N) is 1. The van der Waals surface area contributed by atoms with E-state index in [0.717, 1.165) is 22.8 Å². The smallest absolute Gasteiger partial charge is 0.0807 e. The van der Waals surface area contributed by atoms with Crippen LogP contribution in [0.2, 0.25) is 0 Å². The Hall–Kier alpha value is -2.06. The second-order valence-corrected chi connectivity index (χ2v) is 4.84. The number of para-hydroxylation sites is 2. The number of hydrogen-bond donors (Lipinski definition) is 1. The van der Waals surface area contributed by atoms with Crippen molar-refractivity contribution in [3.8, 4) is 0 Å². The van der Waals surface area contributed by atoms with Crippen LogP contribution in [-0.4, -0.2) is 5.71 Å². The van der Waals surface area contributed by atoms with Crippen LogP contribution in [0.1, 0.15) is 13.8 Å². The Kier molecular flexibility index (Phi) is 4.97. The molecule has 0 unspecified atom stereocenters. The number of nitrogens with one attached hydrogen (secondary N) is 1. The summed E-state index contributed by atoms with van der Waals surface area (Å²) < 4.78 is 0. The quantitative estimate of drug-likeness (QED) is 0.751. The van der Waals surface area contributed by atoms with Gasteiger partial charge in [-0.25, -0.2) is 0 Å². The minimum atomic E-state index is 0.637. The molecule has 20 heavy (non-hydrogen) atoms. The first-order valence-corrected chi connectivity index (χ1v) is 6.84. The van der Waals surface area contributed by atoms with Crippen molar-refractivity contribution in [3.05, 3.63) is 71.4 Å². The Labute approximate surface area is 124 Å². The second kappa shape index (κ2) is 6.92. The van der Waals surface area contributed by atoms with E-state index in [2.05, 4.69) is 10.3 Å². The Morgan fingerprint density at radius 3 is 2.05 bits per heavy atom. The number of anilines is 1. The van der Waals surface area contributed by atoms with E-state index in [1.54, 1.807) is 0 Å². The molecule has 2 aromatic carbocycles. The van der Waals surface area contributed by atoms with Crippen LogP contribution in [0.15, 0.2) is 76.4 Å². The van der Waals surface area contributed by atoms with E-state index in [-0.39, 0.29) is 0 Å². The van der Waals surface area contributed by atoms with Gasteiger partial charge >= 0.3 is 0 Å². The first-order chi connectivity index (χ1) is 9.66. The molecule has 0 aliphatic carbocycles. The minimum Gasteiger partial charge on any atom is -0.358 e. The third-order valence-electron chi connectivity index (χ3n) is 2.81. The highest BCUT2D eigenvalue weighted by Crippen LogP contribution is 2.18. The molecule has 0 aliphatic rings. The molecule has 0 amide bonds. The van der Waals surface area contributed by atoms with Crippen LogP contribution in [0.3, 0.4) is 0 Å². The molecule has 0 saturated heterocycles. The molecule has 0 fully saturated rings. The lowest BCUT2D eigenvalue weighted by atomic mass is 10.2. The largest absolute Gasteiger partial charge is 0.358 e. The average Bonchev–Trinajstić information content (AvgIpc) is 2.48. The molecule has 0 aromatic heterocycles. The maximum atomic E-state index is 6.37. The van der Waals surface area contributed by atoms with E-state index in [1.807, 2.05) is 74.5 Å². The molecule has 2 rings (SSSR count). The standard InChI is InChI=1S/C17H17ClN2/c1-13(19-15-9-5-3-6-10-15)17(18)14(2)20-16-11-7-4-8-12-16/h3-12,19H,1-2H3/b17-13+,20-14?. The van der Waals surface area contributed by atoms with E-state index < -0.39 is 0 Å². The van der Waals surface area contributed by atoms with Crippen LogP contribution in [0.4, 0.5) is 11.4 Å². The monoisotopic (exact) mass is 284 g/mol. The fourth-order valence-electron chi connectivity index (χ4n) is 1.81. The molecular formula is C17H17ClN2. The van der Waals surface area contributed by atoms with Gasteiger partial charge in [-0.15, -0.1) is 0 Å². The zero-order valence-electron chi connectivity index (χ0n) is 11.6. The van der Waals surface area contributed by atoms with Gasteiger partial charge in [-0.05, 0) is 38.1 Å². The summed E-state index contributed by atoms with van der Waals surface area (Å²) in [5.74, 6) is 0. The first-order valence-electron chi connectivity index (χ1n) is 6.46. The summed E-state index contributed by atoms with van der Waals surface area (Å²) in [7, 11) is 0. The SMILES string of the molecule is CC(=Nc1ccccc1)/C(Cl)=C(/C)Nc1ccccc1. The van der Waals surface area contributed by atoms with Crippen LogP contribution < -0.4 is 5.32 Å². The van der Waals surface area contributed by atoms with E-state index in [0.29, 0.717) is 5.03 Å². The number of benzene rings is 2. The van der Waals surface area contributed by atoms with Crippen molar-refractivity contribution >= 4 is 28.7 Å². The number of aliphatic imine (C=N–C) groups is 1.